The van der Waals surface area contributed by atoms with Crippen LogP contribution in [0.3, 0.4) is 0 Å². The fraction of sp³-hybridized carbons (Fsp3) is 0.250. The number of benzene rings is 2. The number of nitrogens with one attached hydrogen (secondary N) is 2. The first-order valence-electron chi connectivity index (χ1n) is 8.91. The number of urea groups is 1. The number of nitrogens with zero attached hydrogens (tertiary/aromatic N) is 2. The van der Waals surface area contributed by atoms with Crippen molar-refractivity contribution >= 4 is 45.8 Å². The van der Waals surface area contributed by atoms with Crippen molar-refractivity contribution < 1.29 is 9.53 Å². The maximum absolute atomic E-state index is 12.9. The minimum atomic E-state index is -0.546. The summed E-state index contributed by atoms with van der Waals surface area (Å²) in [6.45, 7) is 2.41. The van der Waals surface area contributed by atoms with Crippen molar-refractivity contribution in [3.05, 3.63) is 68.7 Å². The van der Waals surface area contributed by atoms with Crippen LogP contribution in [0.1, 0.15) is 18.8 Å². The number of hydrogen-bond acceptors (Lipinski definition) is 4. The van der Waals surface area contributed by atoms with Gasteiger partial charge in [0, 0.05) is 12.1 Å². The second-order valence-electron chi connectivity index (χ2n) is 6.38. The molecule has 0 saturated carbocycles. The first-order chi connectivity index (χ1) is 13.9. The van der Waals surface area contributed by atoms with Gasteiger partial charge < -0.3 is 15.4 Å². The lowest BCUT2D eigenvalue weighted by Gasteiger charge is -2.20. The zero-order valence-corrected chi connectivity index (χ0v) is 17.4. The molecular weight excluding hydrogens is 415 g/mol. The quantitative estimate of drug-likeness (QED) is 0.607. The standard InChI is InChI=1S/C20H20Cl2N4O3/c1-12(23-20(28)25-17-8-7-13(21)11-15(17)22)18-24-16-6-4-3-5-14(16)19(27)26(18)9-10-29-2/h3-8,11-12H,9-10H2,1-2H3,(H2,23,25,28). The number of aromatic nitrogens is 2. The summed E-state index contributed by atoms with van der Waals surface area (Å²) in [7, 11) is 1.56. The van der Waals surface area contributed by atoms with Crippen LogP contribution in [-0.4, -0.2) is 29.3 Å². The molecule has 2 aromatic carbocycles. The summed E-state index contributed by atoms with van der Waals surface area (Å²) in [5.74, 6) is 0.433. The zero-order chi connectivity index (χ0) is 21.0. The molecule has 29 heavy (non-hydrogen) atoms. The van der Waals surface area contributed by atoms with E-state index in [1.807, 2.05) is 6.07 Å². The van der Waals surface area contributed by atoms with E-state index in [-0.39, 0.29) is 5.56 Å². The summed E-state index contributed by atoms with van der Waals surface area (Å²) in [6, 6.07) is 10.8. The van der Waals surface area contributed by atoms with Crippen LogP contribution in [-0.2, 0) is 11.3 Å². The number of amides is 2. The van der Waals surface area contributed by atoms with Crippen LogP contribution >= 0.6 is 23.2 Å². The molecule has 3 rings (SSSR count). The van der Waals surface area contributed by atoms with Crippen LogP contribution < -0.4 is 16.2 Å². The lowest BCUT2D eigenvalue weighted by molar-refractivity contribution is 0.184. The Kier molecular flexibility index (Phi) is 6.74. The molecule has 3 aromatic rings. The number of fused-ring (bicyclic) bond motifs is 1. The summed E-state index contributed by atoms with van der Waals surface area (Å²) in [4.78, 5) is 30.0. The van der Waals surface area contributed by atoms with Crippen LogP contribution in [0, 0.1) is 0 Å². The molecule has 7 nitrogen and oxygen atoms in total. The van der Waals surface area contributed by atoms with Gasteiger partial charge in [0.05, 0.1) is 40.8 Å². The minimum Gasteiger partial charge on any atom is -0.383 e. The highest BCUT2D eigenvalue weighted by atomic mass is 35.5. The van der Waals surface area contributed by atoms with Gasteiger partial charge in [0.15, 0.2) is 0 Å². The number of halogens is 2. The first kappa shape index (κ1) is 21.1. The molecule has 0 spiro atoms. The van der Waals surface area contributed by atoms with Crippen molar-refractivity contribution in [2.45, 2.75) is 19.5 Å². The minimum absolute atomic E-state index is 0.183. The third-order valence-electron chi connectivity index (χ3n) is 4.32. The van der Waals surface area contributed by atoms with Crippen molar-refractivity contribution in [3.8, 4) is 0 Å². The van der Waals surface area contributed by atoms with E-state index < -0.39 is 12.1 Å². The summed E-state index contributed by atoms with van der Waals surface area (Å²) in [5.41, 5.74) is 0.803. The molecule has 0 aliphatic carbocycles. The Labute approximate surface area is 177 Å². The van der Waals surface area contributed by atoms with Crippen molar-refractivity contribution in [2.75, 3.05) is 19.0 Å². The van der Waals surface area contributed by atoms with Gasteiger partial charge in [-0.05, 0) is 37.3 Å². The summed E-state index contributed by atoms with van der Waals surface area (Å²) in [6.07, 6.45) is 0. The van der Waals surface area contributed by atoms with Gasteiger partial charge in [0.1, 0.15) is 5.82 Å². The van der Waals surface area contributed by atoms with Crippen molar-refractivity contribution in [3.63, 3.8) is 0 Å². The largest absolute Gasteiger partial charge is 0.383 e. The van der Waals surface area contributed by atoms with Gasteiger partial charge in [-0.25, -0.2) is 9.78 Å². The lowest BCUT2D eigenvalue weighted by atomic mass is 10.2. The van der Waals surface area contributed by atoms with E-state index in [0.717, 1.165) is 0 Å². The molecule has 0 radical (unpaired) electrons. The highest BCUT2D eigenvalue weighted by molar-refractivity contribution is 6.36. The third-order valence-corrected chi connectivity index (χ3v) is 4.87. The smallest absolute Gasteiger partial charge is 0.319 e. The Hall–Kier alpha value is -2.61. The third kappa shape index (κ3) is 4.87. The Bertz CT molecular complexity index is 1100. The topological polar surface area (TPSA) is 85.2 Å². The van der Waals surface area contributed by atoms with Gasteiger partial charge in [-0.3, -0.25) is 9.36 Å². The van der Waals surface area contributed by atoms with Gasteiger partial charge in [0.25, 0.3) is 5.56 Å². The molecule has 1 unspecified atom stereocenters. The Balaban J connectivity index is 1.88. The summed E-state index contributed by atoms with van der Waals surface area (Å²) < 4.78 is 6.64. The Morgan fingerprint density at radius 1 is 1.24 bits per heavy atom. The van der Waals surface area contributed by atoms with Crippen LogP contribution in [0.2, 0.25) is 10.0 Å². The van der Waals surface area contributed by atoms with Crippen LogP contribution in [0.15, 0.2) is 47.3 Å². The number of anilines is 1. The average Bonchev–Trinajstić information content (AvgIpc) is 2.69. The summed E-state index contributed by atoms with van der Waals surface area (Å²) in [5, 5.41) is 6.76. The number of carbonyl (C=O) groups is 1. The van der Waals surface area contributed by atoms with Crippen LogP contribution in [0.25, 0.3) is 10.9 Å². The molecule has 0 aliphatic heterocycles. The lowest BCUT2D eigenvalue weighted by Crippen LogP contribution is -2.36. The van der Waals surface area contributed by atoms with Crippen molar-refractivity contribution in [1.29, 1.82) is 0 Å². The SMILES string of the molecule is COCCn1c(C(C)NC(=O)Nc2ccc(Cl)cc2Cl)nc2ccccc2c1=O. The highest BCUT2D eigenvalue weighted by Gasteiger charge is 2.18. The second kappa shape index (κ2) is 9.26. The number of methoxy groups -OCH3 is 1. The normalized spacial score (nSPS) is 12.0. The fourth-order valence-corrected chi connectivity index (χ4v) is 3.38. The van der Waals surface area contributed by atoms with Crippen LogP contribution in [0.4, 0.5) is 10.5 Å². The van der Waals surface area contributed by atoms with Gasteiger partial charge >= 0.3 is 6.03 Å². The monoisotopic (exact) mass is 434 g/mol. The maximum atomic E-state index is 12.9. The van der Waals surface area contributed by atoms with Crippen molar-refractivity contribution in [2.24, 2.45) is 0 Å². The summed E-state index contributed by atoms with van der Waals surface area (Å²) >= 11 is 12.0. The molecule has 0 fully saturated rings. The first-order valence-corrected chi connectivity index (χ1v) is 9.67. The number of para-hydroxylation sites is 1. The molecule has 0 bridgehead atoms. The van der Waals surface area contributed by atoms with E-state index in [2.05, 4.69) is 15.6 Å². The number of rotatable bonds is 6. The average molecular weight is 435 g/mol. The van der Waals surface area contributed by atoms with E-state index in [9.17, 15) is 9.59 Å². The van der Waals surface area contributed by atoms with Gasteiger partial charge in [-0.2, -0.15) is 0 Å². The molecular formula is C20H20Cl2N4O3. The highest BCUT2D eigenvalue weighted by Crippen LogP contribution is 2.25. The molecule has 2 amide bonds. The molecule has 1 atom stereocenters. The predicted octanol–water partition coefficient (Wildman–Crippen LogP) is 4.23. The second-order valence-corrected chi connectivity index (χ2v) is 7.22. The maximum Gasteiger partial charge on any atom is 0.319 e. The molecule has 9 heteroatoms. The zero-order valence-electron chi connectivity index (χ0n) is 15.9. The fourth-order valence-electron chi connectivity index (χ4n) is 2.92. The van der Waals surface area contributed by atoms with E-state index >= 15 is 0 Å². The van der Waals surface area contributed by atoms with Gasteiger partial charge in [-0.15, -0.1) is 0 Å². The molecule has 152 valence electrons. The number of ether oxygens (including phenoxy) is 1. The van der Waals surface area contributed by atoms with E-state index in [0.29, 0.717) is 45.6 Å². The predicted molar refractivity (Wildman–Crippen MR) is 115 cm³/mol. The van der Waals surface area contributed by atoms with E-state index in [1.54, 1.807) is 44.4 Å². The number of carbonyl (C=O) groups excluding carboxylic acids is 1. The van der Waals surface area contributed by atoms with Crippen LogP contribution in [0.5, 0.6) is 0 Å². The molecule has 0 saturated heterocycles. The van der Waals surface area contributed by atoms with E-state index in [4.69, 9.17) is 27.9 Å². The Morgan fingerprint density at radius 2 is 2.00 bits per heavy atom. The van der Waals surface area contributed by atoms with Gasteiger partial charge in [-0.1, -0.05) is 35.3 Å². The van der Waals surface area contributed by atoms with E-state index in [1.165, 1.54) is 10.6 Å². The molecule has 1 heterocycles. The number of hydrogen-bond donors (Lipinski definition) is 2. The molecule has 1 aromatic heterocycles. The van der Waals surface area contributed by atoms with Gasteiger partial charge in [0.2, 0.25) is 0 Å². The molecule has 0 aliphatic rings. The molecule has 2 N–H and O–H groups in total. The Morgan fingerprint density at radius 3 is 2.72 bits per heavy atom. The van der Waals surface area contributed by atoms with Crippen molar-refractivity contribution in [1.82, 2.24) is 14.9 Å².